The van der Waals surface area contributed by atoms with Crippen molar-refractivity contribution in [2.24, 2.45) is 0 Å². The number of pyridine rings is 1. The third-order valence-corrected chi connectivity index (χ3v) is 3.15. The quantitative estimate of drug-likeness (QED) is 0.905. The van der Waals surface area contributed by atoms with Crippen LogP contribution in [0.15, 0.2) is 30.5 Å². The molecule has 1 unspecified atom stereocenters. The van der Waals surface area contributed by atoms with Gasteiger partial charge in [0.25, 0.3) is 0 Å². The Morgan fingerprint density at radius 3 is 2.60 bits per heavy atom. The maximum absolute atomic E-state index is 10.5. The topological polar surface area (TPSA) is 77.6 Å². The first-order valence-corrected chi connectivity index (χ1v) is 6.25. The van der Waals surface area contributed by atoms with Gasteiger partial charge in [0.1, 0.15) is 23.4 Å². The molecule has 0 aliphatic heterocycles. The molecule has 20 heavy (non-hydrogen) atoms. The highest BCUT2D eigenvalue weighted by Gasteiger charge is 2.19. The second-order valence-electron chi connectivity index (χ2n) is 4.14. The van der Waals surface area contributed by atoms with Gasteiger partial charge in [-0.2, -0.15) is 0 Å². The smallest absolute Gasteiger partial charge is 0.129 e. The summed E-state index contributed by atoms with van der Waals surface area (Å²) >= 11 is 5.89. The van der Waals surface area contributed by atoms with E-state index in [1.807, 2.05) is 0 Å². The van der Waals surface area contributed by atoms with E-state index in [9.17, 15) is 5.11 Å². The molecule has 0 aliphatic carbocycles. The van der Waals surface area contributed by atoms with Crippen molar-refractivity contribution < 1.29 is 14.6 Å². The van der Waals surface area contributed by atoms with Gasteiger partial charge in [0.2, 0.25) is 0 Å². The Bertz CT molecular complexity index is 619. The zero-order chi connectivity index (χ0) is 14.7. The molecule has 0 bridgehead atoms. The summed E-state index contributed by atoms with van der Waals surface area (Å²) in [4.78, 5) is 3.93. The van der Waals surface area contributed by atoms with Crippen LogP contribution in [-0.2, 0) is 0 Å². The van der Waals surface area contributed by atoms with E-state index in [1.54, 1.807) is 31.4 Å². The third kappa shape index (κ3) is 2.79. The van der Waals surface area contributed by atoms with Crippen LogP contribution in [0.25, 0.3) is 0 Å². The predicted octanol–water partition coefficient (Wildman–Crippen LogP) is 2.42. The summed E-state index contributed by atoms with van der Waals surface area (Å²) in [5.74, 6) is 1.35. The Morgan fingerprint density at radius 2 is 1.95 bits per heavy atom. The highest BCUT2D eigenvalue weighted by molar-refractivity contribution is 6.30. The fourth-order valence-electron chi connectivity index (χ4n) is 1.90. The van der Waals surface area contributed by atoms with Gasteiger partial charge in [-0.05, 0) is 18.2 Å². The molecule has 1 aromatic heterocycles. The Hall–Kier alpha value is -1.98. The number of nitrogens with zero attached hydrogens (tertiary/aromatic N) is 1. The van der Waals surface area contributed by atoms with Gasteiger partial charge in [0.05, 0.1) is 19.2 Å². The van der Waals surface area contributed by atoms with Gasteiger partial charge in [-0.3, -0.25) is 0 Å². The third-order valence-electron chi connectivity index (χ3n) is 2.95. The number of hydrogen-bond acceptors (Lipinski definition) is 5. The molecule has 2 rings (SSSR count). The minimum atomic E-state index is -0.984. The molecule has 0 spiro atoms. The first kappa shape index (κ1) is 14.4. The van der Waals surface area contributed by atoms with E-state index in [1.165, 1.54) is 13.3 Å². The summed E-state index contributed by atoms with van der Waals surface area (Å²) in [7, 11) is 3.08. The Labute approximate surface area is 121 Å². The number of anilines is 1. The van der Waals surface area contributed by atoms with E-state index in [0.29, 0.717) is 27.6 Å². The molecule has 0 amide bonds. The van der Waals surface area contributed by atoms with Crippen molar-refractivity contribution >= 4 is 17.4 Å². The van der Waals surface area contributed by atoms with E-state index in [-0.39, 0.29) is 5.82 Å². The van der Waals surface area contributed by atoms with Crippen molar-refractivity contribution in [2.75, 3.05) is 20.0 Å². The van der Waals surface area contributed by atoms with Crippen LogP contribution in [0, 0.1) is 0 Å². The molecular formula is C14H15ClN2O3. The van der Waals surface area contributed by atoms with Gasteiger partial charge in [0, 0.05) is 23.4 Å². The minimum absolute atomic E-state index is 0.222. The van der Waals surface area contributed by atoms with Crippen LogP contribution in [0.4, 0.5) is 5.82 Å². The number of halogens is 1. The number of nitrogens with two attached hydrogens (primary N) is 1. The zero-order valence-corrected chi connectivity index (χ0v) is 11.9. The molecule has 0 radical (unpaired) electrons. The Morgan fingerprint density at radius 1 is 1.20 bits per heavy atom. The maximum Gasteiger partial charge on any atom is 0.129 e. The second-order valence-corrected chi connectivity index (χ2v) is 4.57. The highest BCUT2D eigenvalue weighted by Crippen LogP contribution is 2.35. The molecule has 1 heterocycles. The van der Waals surface area contributed by atoms with Crippen molar-refractivity contribution in [1.29, 1.82) is 0 Å². The predicted molar refractivity (Wildman–Crippen MR) is 77.3 cm³/mol. The first-order valence-electron chi connectivity index (χ1n) is 5.87. The normalized spacial score (nSPS) is 12.0. The number of methoxy groups -OCH3 is 2. The summed E-state index contributed by atoms with van der Waals surface area (Å²) < 4.78 is 10.4. The molecule has 3 N–H and O–H groups in total. The van der Waals surface area contributed by atoms with Gasteiger partial charge in [-0.25, -0.2) is 4.98 Å². The summed E-state index contributed by atoms with van der Waals surface area (Å²) in [6.07, 6.45) is 0.445. The van der Waals surface area contributed by atoms with Crippen molar-refractivity contribution in [3.05, 3.63) is 46.6 Å². The van der Waals surface area contributed by atoms with Crippen molar-refractivity contribution in [2.45, 2.75) is 6.10 Å². The number of nitrogen functional groups attached to an aromatic ring is 1. The van der Waals surface area contributed by atoms with E-state index < -0.39 is 6.10 Å². The second kappa shape index (κ2) is 5.98. The molecule has 5 nitrogen and oxygen atoms in total. The number of aromatic nitrogens is 1. The average Bonchev–Trinajstić information content (AvgIpc) is 2.48. The summed E-state index contributed by atoms with van der Waals surface area (Å²) in [6, 6.07) is 6.71. The van der Waals surface area contributed by atoms with Crippen LogP contribution in [0.3, 0.4) is 0 Å². The minimum Gasteiger partial charge on any atom is -0.497 e. The molecule has 0 saturated carbocycles. The largest absolute Gasteiger partial charge is 0.497 e. The molecule has 106 valence electrons. The van der Waals surface area contributed by atoms with Gasteiger partial charge >= 0.3 is 0 Å². The average molecular weight is 295 g/mol. The van der Waals surface area contributed by atoms with E-state index >= 15 is 0 Å². The van der Waals surface area contributed by atoms with Gasteiger partial charge in [-0.15, -0.1) is 0 Å². The van der Waals surface area contributed by atoms with E-state index in [4.69, 9.17) is 26.8 Å². The number of benzene rings is 1. The Balaban J connectivity index is 2.47. The first-order chi connectivity index (χ1) is 9.56. The Kier molecular flexibility index (Phi) is 4.32. The molecule has 1 aromatic carbocycles. The van der Waals surface area contributed by atoms with E-state index in [0.717, 1.165) is 0 Å². The van der Waals surface area contributed by atoms with Crippen LogP contribution in [-0.4, -0.2) is 24.3 Å². The van der Waals surface area contributed by atoms with Crippen LogP contribution in [0.2, 0.25) is 5.02 Å². The standard InChI is InChI=1S/C14H15ClN2O3/c1-19-9-3-4-10(12(6-9)20-2)13(18)11-5-8(15)7-17-14(11)16/h3-7,13,18H,1-2H3,(H2,16,17). The van der Waals surface area contributed by atoms with Crippen LogP contribution < -0.4 is 15.2 Å². The number of hydrogen-bond donors (Lipinski definition) is 2. The fourth-order valence-corrected chi connectivity index (χ4v) is 2.06. The monoisotopic (exact) mass is 294 g/mol. The van der Waals surface area contributed by atoms with Crippen molar-refractivity contribution in [3.63, 3.8) is 0 Å². The fraction of sp³-hybridized carbons (Fsp3) is 0.214. The molecule has 0 saturated heterocycles. The highest BCUT2D eigenvalue weighted by atomic mass is 35.5. The van der Waals surface area contributed by atoms with Gasteiger partial charge in [-0.1, -0.05) is 11.6 Å². The lowest BCUT2D eigenvalue weighted by molar-refractivity contribution is 0.215. The molecule has 0 aliphatic rings. The van der Waals surface area contributed by atoms with Gasteiger partial charge in [0.15, 0.2) is 0 Å². The number of aliphatic hydroxyl groups is 1. The lowest BCUT2D eigenvalue weighted by atomic mass is 10.0. The molecule has 2 aromatic rings. The van der Waals surface area contributed by atoms with E-state index in [2.05, 4.69) is 4.98 Å². The number of rotatable bonds is 4. The van der Waals surface area contributed by atoms with Crippen molar-refractivity contribution in [3.8, 4) is 11.5 Å². The molecule has 0 fully saturated rings. The zero-order valence-electron chi connectivity index (χ0n) is 11.1. The lowest BCUT2D eigenvalue weighted by Gasteiger charge is -2.17. The SMILES string of the molecule is COc1ccc(C(O)c2cc(Cl)cnc2N)c(OC)c1. The maximum atomic E-state index is 10.5. The van der Waals surface area contributed by atoms with Gasteiger partial charge < -0.3 is 20.3 Å². The summed E-state index contributed by atoms with van der Waals surface area (Å²) in [5.41, 5.74) is 6.77. The van der Waals surface area contributed by atoms with Crippen LogP contribution in [0.1, 0.15) is 17.2 Å². The summed E-state index contributed by atoms with van der Waals surface area (Å²) in [6.45, 7) is 0. The molecule has 1 atom stereocenters. The number of aliphatic hydroxyl groups excluding tert-OH is 1. The molecule has 6 heteroatoms. The summed E-state index contributed by atoms with van der Waals surface area (Å²) in [5, 5.41) is 10.9. The number of ether oxygens (including phenoxy) is 2. The van der Waals surface area contributed by atoms with Crippen LogP contribution >= 0.6 is 11.6 Å². The lowest BCUT2D eigenvalue weighted by Crippen LogP contribution is -2.07. The molecular weight excluding hydrogens is 280 g/mol. The van der Waals surface area contributed by atoms with Crippen LogP contribution in [0.5, 0.6) is 11.5 Å². The van der Waals surface area contributed by atoms with Crippen molar-refractivity contribution in [1.82, 2.24) is 4.98 Å².